The molecule has 0 heterocycles. The normalized spacial score (nSPS) is 13.7. The number of benzene rings is 2. The molecule has 0 radical (unpaired) electrons. The fourth-order valence-corrected chi connectivity index (χ4v) is 5.44. The van der Waals surface area contributed by atoms with Crippen molar-refractivity contribution < 1.29 is 19.6 Å². The zero-order chi connectivity index (χ0) is 15.6. The maximum Gasteiger partial charge on any atom is 0.299 e. The Labute approximate surface area is 132 Å². The van der Waals surface area contributed by atoms with Crippen molar-refractivity contribution in [2.75, 3.05) is 0 Å². The van der Waals surface area contributed by atoms with Crippen LogP contribution in [0.1, 0.15) is 11.1 Å². The number of aromatic hydroxyl groups is 2. The zero-order valence-corrected chi connectivity index (χ0v) is 14.0. The van der Waals surface area contributed by atoms with E-state index in [9.17, 15) is 15.1 Å². The van der Waals surface area contributed by atoms with Gasteiger partial charge in [-0.25, -0.2) is 0 Å². The van der Waals surface area contributed by atoms with Crippen LogP contribution in [-0.2, 0) is 11.8 Å². The summed E-state index contributed by atoms with van der Waals surface area (Å²) in [6, 6.07) is 9.81. The first-order valence-corrected chi connectivity index (χ1v) is 10.2. The largest absolute Gasteiger partial charge is 0.508 e. The van der Waals surface area contributed by atoms with Crippen molar-refractivity contribution in [1.82, 2.24) is 0 Å². The van der Waals surface area contributed by atoms with Crippen molar-refractivity contribution in [1.29, 1.82) is 0 Å². The van der Waals surface area contributed by atoms with E-state index in [2.05, 4.69) is 0 Å². The van der Waals surface area contributed by atoms with Crippen molar-refractivity contribution >= 4 is 28.9 Å². The van der Waals surface area contributed by atoms with Crippen LogP contribution < -0.4 is 4.52 Å². The summed E-state index contributed by atoms with van der Waals surface area (Å²) in [6.07, 6.45) is 0. The maximum atomic E-state index is 10.4. The molecule has 1 unspecified atom stereocenters. The molecule has 112 valence electrons. The summed E-state index contributed by atoms with van der Waals surface area (Å²) in [4.78, 5) is 11.0. The van der Waals surface area contributed by atoms with E-state index in [1.165, 1.54) is 6.07 Å². The van der Waals surface area contributed by atoms with Crippen molar-refractivity contribution in [3.05, 3.63) is 47.5 Å². The minimum atomic E-state index is -3.20. The number of phenolic OH excluding ortho intramolecular Hbond substituents is 2. The van der Waals surface area contributed by atoms with Gasteiger partial charge in [-0.2, -0.15) is 0 Å². The third-order valence-electron chi connectivity index (χ3n) is 2.94. The van der Waals surface area contributed by atoms with Crippen LogP contribution in [-0.4, -0.2) is 15.1 Å². The first kappa shape index (κ1) is 16.2. The fraction of sp³-hybridized carbons (Fsp3) is 0.143. The summed E-state index contributed by atoms with van der Waals surface area (Å²) in [5.74, 6) is 0.579. The van der Waals surface area contributed by atoms with Gasteiger partial charge in [-0.15, -0.1) is 0 Å². The van der Waals surface area contributed by atoms with Crippen LogP contribution in [0, 0.1) is 13.8 Å². The molecule has 0 fully saturated rings. The second-order valence-electron chi connectivity index (χ2n) is 4.45. The Bertz CT molecular complexity index is 661. The minimum absolute atomic E-state index is 0.0843. The predicted molar refractivity (Wildman–Crippen MR) is 88.7 cm³/mol. The highest BCUT2D eigenvalue weighted by Gasteiger charge is 2.21. The minimum Gasteiger partial charge on any atom is -0.508 e. The molecule has 0 saturated heterocycles. The Hall–Kier alpha value is -1.20. The number of hydrogen-bond donors (Lipinski definition) is 3. The molecule has 2 rings (SSSR count). The molecule has 0 amide bonds. The Kier molecular flexibility index (Phi) is 4.84. The van der Waals surface area contributed by atoms with Gasteiger partial charge in [0.15, 0.2) is 0 Å². The molecule has 3 N–H and O–H groups in total. The van der Waals surface area contributed by atoms with Crippen LogP contribution in [0.2, 0.25) is 0 Å². The van der Waals surface area contributed by atoms with Gasteiger partial charge in [0.2, 0.25) is 0 Å². The average Bonchev–Trinajstić information content (AvgIpc) is 2.40. The van der Waals surface area contributed by atoms with Gasteiger partial charge in [0.25, 0.3) is 5.69 Å². The van der Waals surface area contributed by atoms with Gasteiger partial charge in [0.1, 0.15) is 17.2 Å². The number of rotatable bonds is 4. The molecular weight excluding hydrogens is 327 g/mol. The van der Waals surface area contributed by atoms with Crippen LogP contribution in [0.5, 0.6) is 17.2 Å². The molecule has 0 bridgehead atoms. The summed E-state index contributed by atoms with van der Waals surface area (Å²) in [7, 11) is 0. The highest BCUT2D eigenvalue weighted by molar-refractivity contribution is 8.67. The Morgan fingerprint density at radius 2 is 1.57 bits per heavy atom. The van der Waals surface area contributed by atoms with E-state index >= 15 is 0 Å². The van der Waals surface area contributed by atoms with Gasteiger partial charge in [-0.3, -0.25) is 0 Å². The highest BCUT2D eigenvalue weighted by atomic mass is 32.9. The lowest BCUT2D eigenvalue weighted by Crippen LogP contribution is -1.92. The first-order chi connectivity index (χ1) is 9.80. The lowest BCUT2D eigenvalue weighted by Gasteiger charge is -2.19. The maximum absolute atomic E-state index is 10.4. The molecule has 2 aromatic carbocycles. The molecule has 0 aliphatic carbocycles. The lowest BCUT2D eigenvalue weighted by atomic mass is 10.2. The van der Waals surface area contributed by atoms with Gasteiger partial charge in [-0.05, 0) is 61.3 Å². The fourth-order valence-electron chi connectivity index (χ4n) is 1.67. The van der Waals surface area contributed by atoms with Crippen LogP contribution >= 0.6 is 17.1 Å². The van der Waals surface area contributed by atoms with E-state index in [4.69, 9.17) is 16.3 Å². The topological polar surface area (TPSA) is 69.9 Å². The predicted octanol–water partition coefficient (Wildman–Crippen LogP) is 4.10. The van der Waals surface area contributed by atoms with Gasteiger partial charge < -0.3 is 19.6 Å². The Balaban J connectivity index is 2.25. The van der Waals surface area contributed by atoms with Crippen molar-refractivity contribution in [3.63, 3.8) is 0 Å². The summed E-state index contributed by atoms with van der Waals surface area (Å²) < 4.78 is 5.52. The average molecular weight is 342 g/mol. The third kappa shape index (κ3) is 3.92. The molecule has 1 atom stereocenters. The van der Waals surface area contributed by atoms with Crippen LogP contribution in [0.25, 0.3) is 0 Å². The molecular formula is C14H15O4PS2. The monoisotopic (exact) mass is 342 g/mol. The number of phenols is 2. The van der Waals surface area contributed by atoms with E-state index in [-0.39, 0.29) is 11.5 Å². The molecule has 0 spiro atoms. The van der Waals surface area contributed by atoms with Crippen LogP contribution in [0.15, 0.2) is 41.3 Å². The summed E-state index contributed by atoms with van der Waals surface area (Å²) >= 11 is 6.17. The van der Waals surface area contributed by atoms with E-state index < -0.39 is 5.69 Å². The zero-order valence-electron chi connectivity index (χ0n) is 11.5. The highest BCUT2D eigenvalue weighted by Crippen LogP contribution is 2.60. The Morgan fingerprint density at radius 3 is 2.24 bits per heavy atom. The van der Waals surface area contributed by atoms with E-state index in [0.717, 1.165) is 11.4 Å². The van der Waals surface area contributed by atoms with Gasteiger partial charge in [0.05, 0.1) is 0 Å². The third-order valence-corrected chi connectivity index (χ3v) is 6.64. The molecule has 0 saturated carbocycles. The SMILES string of the molecule is Cc1c(O)cccc1OP(O)(=S)Sc1cccc(O)c1C. The Morgan fingerprint density at radius 1 is 1.00 bits per heavy atom. The molecule has 0 aliphatic heterocycles. The van der Waals surface area contributed by atoms with E-state index in [1.54, 1.807) is 44.2 Å². The molecule has 0 aliphatic rings. The summed E-state index contributed by atoms with van der Waals surface area (Å²) in [6.45, 7) is 3.43. The van der Waals surface area contributed by atoms with Gasteiger partial charge in [0, 0.05) is 16.0 Å². The quantitative estimate of drug-likeness (QED) is 0.727. The smallest absolute Gasteiger partial charge is 0.299 e. The molecule has 21 heavy (non-hydrogen) atoms. The second-order valence-corrected chi connectivity index (χ2v) is 10.4. The van der Waals surface area contributed by atoms with Gasteiger partial charge in [-0.1, -0.05) is 12.1 Å². The van der Waals surface area contributed by atoms with E-state index in [1.807, 2.05) is 0 Å². The van der Waals surface area contributed by atoms with E-state index in [0.29, 0.717) is 21.8 Å². The second kappa shape index (κ2) is 6.28. The molecule has 2 aromatic rings. The summed E-state index contributed by atoms with van der Waals surface area (Å²) in [5.41, 5.74) is -2.04. The molecule has 0 aromatic heterocycles. The van der Waals surface area contributed by atoms with Crippen LogP contribution in [0.4, 0.5) is 0 Å². The lowest BCUT2D eigenvalue weighted by molar-refractivity contribution is 0.460. The molecule has 7 heteroatoms. The number of hydrogen-bond acceptors (Lipinski definition) is 5. The van der Waals surface area contributed by atoms with Crippen molar-refractivity contribution in [3.8, 4) is 17.2 Å². The summed E-state index contributed by atoms with van der Waals surface area (Å²) in [5, 5.41) is 19.3. The van der Waals surface area contributed by atoms with Crippen LogP contribution in [0.3, 0.4) is 0 Å². The van der Waals surface area contributed by atoms with Crippen molar-refractivity contribution in [2.45, 2.75) is 18.7 Å². The van der Waals surface area contributed by atoms with Crippen molar-refractivity contribution in [2.24, 2.45) is 0 Å². The standard InChI is InChI=1S/C14H15O4PS2/c1-9-11(15)5-3-7-13(9)18-19(17,20)21-14-8-4-6-12(16)10(14)2/h3-8,15-16H,1-2H3,(H,17,20). The molecule has 4 nitrogen and oxygen atoms in total. The first-order valence-electron chi connectivity index (χ1n) is 6.09. The van der Waals surface area contributed by atoms with Gasteiger partial charge >= 0.3 is 0 Å².